The van der Waals surface area contributed by atoms with Crippen LogP contribution in [0.3, 0.4) is 0 Å². The molecule has 1 atom stereocenters. The second-order valence-electron chi connectivity index (χ2n) is 8.53. The molecule has 1 N–H and O–H groups in total. The molecule has 1 aliphatic rings. The van der Waals surface area contributed by atoms with Crippen LogP contribution in [0.2, 0.25) is 4.34 Å². The van der Waals surface area contributed by atoms with E-state index in [1.807, 2.05) is 30.3 Å². The second kappa shape index (κ2) is 11.2. The molecule has 0 spiro atoms. The zero-order chi connectivity index (χ0) is 25.0. The first-order valence-electron chi connectivity index (χ1n) is 11.8. The highest BCUT2D eigenvalue weighted by molar-refractivity contribution is 7.91. The predicted octanol–water partition coefficient (Wildman–Crippen LogP) is 5.38. The highest BCUT2D eigenvalue weighted by atomic mass is 35.5. The summed E-state index contributed by atoms with van der Waals surface area (Å²) in [5, 5.41) is 0. The normalized spacial score (nSPS) is 16.7. The first kappa shape index (κ1) is 25.9. The molecule has 4 rings (SSSR count). The maximum atomic E-state index is 13.2. The van der Waals surface area contributed by atoms with Crippen LogP contribution in [0.15, 0.2) is 64.9 Å². The van der Waals surface area contributed by atoms with Crippen LogP contribution in [0.5, 0.6) is 0 Å². The molecule has 1 unspecified atom stereocenters. The molecule has 0 bridgehead atoms. The first-order valence-corrected chi connectivity index (χ1v) is 14.5. The molecule has 1 saturated heterocycles. The number of thiophene rings is 1. The van der Waals surface area contributed by atoms with E-state index in [-0.39, 0.29) is 10.1 Å². The average Bonchev–Trinajstić information content (AvgIpc) is 3.31. The van der Waals surface area contributed by atoms with Crippen LogP contribution in [0.1, 0.15) is 32.3 Å². The fourth-order valence-electron chi connectivity index (χ4n) is 4.38. The Bertz CT molecular complexity index is 1270. The minimum absolute atomic E-state index is 0.111. The molecule has 1 aliphatic heterocycles. The lowest BCUT2D eigenvalue weighted by Gasteiger charge is -2.32. The van der Waals surface area contributed by atoms with Crippen molar-refractivity contribution in [2.24, 2.45) is 0 Å². The van der Waals surface area contributed by atoms with Gasteiger partial charge < -0.3 is 4.90 Å². The van der Waals surface area contributed by atoms with Gasteiger partial charge in [-0.15, -0.1) is 11.3 Å². The zero-order valence-electron chi connectivity index (χ0n) is 19.9. The molecule has 9 heteroatoms. The van der Waals surface area contributed by atoms with E-state index < -0.39 is 16.1 Å². The molecular weight excluding hydrogens is 502 g/mol. The topological polar surface area (TPSA) is 69.7 Å². The Balaban J connectivity index is 1.51. The van der Waals surface area contributed by atoms with Gasteiger partial charge in [0, 0.05) is 18.8 Å². The van der Waals surface area contributed by atoms with Gasteiger partial charge in [0.15, 0.2) is 0 Å². The predicted molar refractivity (Wildman–Crippen MR) is 144 cm³/mol. The number of piperidine rings is 1. The van der Waals surface area contributed by atoms with Crippen LogP contribution in [-0.2, 0) is 21.4 Å². The Kier molecular flexibility index (Phi) is 8.29. The van der Waals surface area contributed by atoms with E-state index in [1.54, 1.807) is 4.90 Å². The standard InChI is InChI=1S/C26H30ClN3O3S2/c1-3-29(4-2)18-20-8-5-6-9-22(20)19-11-13-21(14-12-19)30-17-7-10-23(26(30)31)28-35(32,33)25-16-15-24(27)34-25/h5-6,8-9,11-16,23,28H,3-4,7,10,17-18H2,1-2H3. The molecule has 3 aromatic rings. The summed E-state index contributed by atoms with van der Waals surface area (Å²) in [5.74, 6) is -0.239. The number of halogens is 1. The lowest BCUT2D eigenvalue weighted by molar-refractivity contribution is -0.121. The van der Waals surface area contributed by atoms with Crippen LogP contribution in [0.25, 0.3) is 11.1 Å². The van der Waals surface area contributed by atoms with E-state index in [4.69, 9.17) is 11.6 Å². The molecular formula is C26H30ClN3O3S2. The van der Waals surface area contributed by atoms with Crippen molar-refractivity contribution in [2.75, 3.05) is 24.5 Å². The van der Waals surface area contributed by atoms with E-state index in [1.165, 1.54) is 23.3 Å². The third kappa shape index (κ3) is 5.95. The minimum atomic E-state index is -3.81. The number of hydrogen-bond donors (Lipinski definition) is 1. The molecule has 35 heavy (non-hydrogen) atoms. The number of anilines is 1. The monoisotopic (exact) mass is 531 g/mol. The highest BCUT2D eigenvalue weighted by Gasteiger charge is 2.33. The number of amides is 1. The van der Waals surface area contributed by atoms with E-state index in [0.29, 0.717) is 23.7 Å². The van der Waals surface area contributed by atoms with E-state index in [0.717, 1.165) is 42.2 Å². The molecule has 1 fully saturated rings. The smallest absolute Gasteiger partial charge is 0.250 e. The Morgan fingerprint density at radius 2 is 1.77 bits per heavy atom. The van der Waals surface area contributed by atoms with Crippen molar-refractivity contribution in [3.63, 3.8) is 0 Å². The summed E-state index contributed by atoms with van der Waals surface area (Å²) in [5.41, 5.74) is 4.30. The fraction of sp³-hybridized carbons (Fsp3) is 0.346. The fourth-order valence-corrected chi connectivity index (χ4v) is 7.10. The number of carbonyl (C=O) groups is 1. The Hall–Kier alpha value is -2.23. The number of hydrogen-bond acceptors (Lipinski definition) is 5. The van der Waals surface area contributed by atoms with E-state index in [9.17, 15) is 13.2 Å². The lowest BCUT2D eigenvalue weighted by atomic mass is 9.98. The third-order valence-corrected chi connectivity index (χ3v) is 9.54. The van der Waals surface area contributed by atoms with Crippen LogP contribution >= 0.6 is 22.9 Å². The van der Waals surface area contributed by atoms with Gasteiger partial charge in [0.05, 0.1) is 4.34 Å². The maximum absolute atomic E-state index is 13.2. The number of rotatable bonds is 9. The summed E-state index contributed by atoms with van der Waals surface area (Å²) in [7, 11) is -3.81. The van der Waals surface area contributed by atoms with Gasteiger partial charge in [-0.25, -0.2) is 8.42 Å². The Morgan fingerprint density at radius 3 is 2.43 bits per heavy atom. The summed E-state index contributed by atoms with van der Waals surface area (Å²) in [6, 6.07) is 18.5. The summed E-state index contributed by atoms with van der Waals surface area (Å²) in [4.78, 5) is 17.3. The van der Waals surface area contributed by atoms with Gasteiger partial charge in [-0.1, -0.05) is 61.8 Å². The maximum Gasteiger partial charge on any atom is 0.250 e. The lowest BCUT2D eigenvalue weighted by Crippen LogP contribution is -2.52. The largest absolute Gasteiger partial charge is 0.311 e. The number of nitrogens with zero attached hydrogens (tertiary/aromatic N) is 2. The quantitative estimate of drug-likeness (QED) is 0.402. The van der Waals surface area contributed by atoms with Crippen molar-refractivity contribution in [3.8, 4) is 11.1 Å². The van der Waals surface area contributed by atoms with Gasteiger partial charge in [0.1, 0.15) is 10.3 Å². The average molecular weight is 532 g/mol. The first-order chi connectivity index (χ1) is 16.8. The second-order valence-corrected chi connectivity index (χ2v) is 12.2. The summed E-state index contributed by atoms with van der Waals surface area (Å²) < 4.78 is 28.5. The summed E-state index contributed by atoms with van der Waals surface area (Å²) in [6.07, 6.45) is 1.17. The summed E-state index contributed by atoms with van der Waals surface area (Å²) in [6.45, 7) is 7.75. The highest BCUT2D eigenvalue weighted by Crippen LogP contribution is 2.30. The Morgan fingerprint density at radius 1 is 1.06 bits per heavy atom. The molecule has 6 nitrogen and oxygen atoms in total. The van der Waals surface area contributed by atoms with Gasteiger partial charge in [-0.05, 0) is 66.9 Å². The Labute approximate surface area is 216 Å². The van der Waals surface area contributed by atoms with Gasteiger partial charge in [0.2, 0.25) is 5.91 Å². The van der Waals surface area contributed by atoms with Crippen molar-refractivity contribution in [2.45, 2.75) is 43.5 Å². The van der Waals surface area contributed by atoms with E-state index >= 15 is 0 Å². The number of sulfonamides is 1. The van der Waals surface area contributed by atoms with Crippen molar-refractivity contribution in [3.05, 3.63) is 70.6 Å². The van der Waals surface area contributed by atoms with E-state index in [2.05, 4.69) is 41.7 Å². The zero-order valence-corrected chi connectivity index (χ0v) is 22.3. The van der Waals surface area contributed by atoms with Gasteiger partial charge in [0.25, 0.3) is 10.0 Å². The van der Waals surface area contributed by atoms with Crippen LogP contribution in [0, 0.1) is 0 Å². The van der Waals surface area contributed by atoms with Crippen LogP contribution in [0.4, 0.5) is 5.69 Å². The van der Waals surface area contributed by atoms with Crippen molar-refractivity contribution in [1.29, 1.82) is 0 Å². The third-order valence-electron chi connectivity index (χ3n) is 6.35. The molecule has 0 saturated carbocycles. The van der Waals surface area contributed by atoms with Crippen molar-refractivity contribution in [1.82, 2.24) is 9.62 Å². The number of benzene rings is 2. The molecule has 0 radical (unpaired) electrons. The molecule has 2 aromatic carbocycles. The van der Waals surface area contributed by atoms with Crippen molar-refractivity contribution >= 4 is 44.6 Å². The molecule has 2 heterocycles. The molecule has 1 aromatic heterocycles. The van der Waals surface area contributed by atoms with Crippen LogP contribution < -0.4 is 9.62 Å². The number of carbonyl (C=O) groups excluding carboxylic acids is 1. The van der Waals surface area contributed by atoms with Gasteiger partial charge >= 0.3 is 0 Å². The molecule has 186 valence electrons. The van der Waals surface area contributed by atoms with Crippen LogP contribution in [-0.4, -0.2) is 44.9 Å². The summed E-state index contributed by atoms with van der Waals surface area (Å²) >= 11 is 6.87. The van der Waals surface area contributed by atoms with Gasteiger partial charge in [-0.3, -0.25) is 9.69 Å². The molecule has 1 amide bonds. The molecule has 0 aliphatic carbocycles. The SMILES string of the molecule is CCN(CC)Cc1ccccc1-c1ccc(N2CCCC(NS(=O)(=O)c3ccc(Cl)s3)C2=O)cc1. The van der Waals surface area contributed by atoms with Crippen molar-refractivity contribution < 1.29 is 13.2 Å². The number of nitrogens with one attached hydrogen (secondary N) is 1. The van der Waals surface area contributed by atoms with Gasteiger partial charge in [-0.2, -0.15) is 4.72 Å². The minimum Gasteiger partial charge on any atom is -0.311 e.